The largest absolute Gasteiger partial charge is 0.497 e. The third-order valence-corrected chi connectivity index (χ3v) is 6.09. The molecule has 5 heteroatoms. The number of rotatable bonds is 6. The molecule has 0 aromatic heterocycles. The number of anilines is 1. The van der Waals surface area contributed by atoms with Crippen LogP contribution >= 0.6 is 0 Å². The molecule has 0 unspecified atom stereocenters. The van der Waals surface area contributed by atoms with E-state index in [9.17, 15) is 4.79 Å². The molecule has 1 fully saturated rings. The average molecular weight is 394 g/mol. The van der Waals surface area contributed by atoms with Crippen molar-refractivity contribution in [3.8, 4) is 5.75 Å². The van der Waals surface area contributed by atoms with Gasteiger partial charge in [-0.15, -0.1) is 0 Å². The molecule has 4 rings (SSSR count). The predicted octanol–water partition coefficient (Wildman–Crippen LogP) is 2.83. The molecule has 0 atom stereocenters. The smallest absolute Gasteiger partial charge is 0.241 e. The predicted molar refractivity (Wildman–Crippen MR) is 117 cm³/mol. The lowest BCUT2D eigenvalue weighted by Crippen LogP contribution is -2.51. The van der Waals surface area contributed by atoms with E-state index in [0.29, 0.717) is 6.54 Å². The zero-order valence-corrected chi connectivity index (χ0v) is 17.3. The first-order valence-corrected chi connectivity index (χ1v) is 10.7. The fourth-order valence-corrected chi connectivity index (χ4v) is 4.34. The van der Waals surface area contributed by atoms with Gasteiger partial charge in [0.25, 0.3) is 0 Å². The molecule has 0 radical (unpaired) electrons. The molecule has 2 aliphatic rings. The van der Waals surface area contributed by atoms with Crippen LogP contribution in [0.4, 0.5) is 5.69 Å². The molecule has 2 aromatic rings. The Morgan fingerprint density at radius 1 is 0.966 bits per heavy atom. The molecule has 2 aliphatic heterocycles. The molecule has 0 saturated carbocycles. The van der Waals surface area contributed by atoms with Crippen molar-refractivity contribution >= 4 is 11.6 Å². The van der Waals surface area contributed by atoms with Crippen LogP contribution in [0.2, 0.25) is 0 Å². The number of aryl methyl sites for hydroxylation is 1. The number of carbonyl (C=O) groups excluding carboxylic acids is 1. The second-order valence-corrected chi connectivity index (χ2v) is 8.00. The summed E-state index contributed by atoms with van der Waals surface area (Å²) < 4.78 is 5.34. The van der Waals surface area contributed by atoms with Gasteiger partial charge in [-0.2, -0.15) is 0 Å². The van der Waals surface area contributed by atoms with E-state index in [2.05, 4.69) is 46.2 Å². The second-order valence-electron chi connectivity index (χ2n) is 8.00. The normalized spacial score (nSPS) is 17.8. The summed E-state index contributed by atoms with van der Waals surface area (Å²) in [6, 6.07) is 16.7. The number of nitrogens with zero attached hydrogens (tertiary/aromatic N) is 3. The summed E-state index contributed by atoms with van der Waals surface area (Å²) in [5.41, 5.74) is 3.67. The summed E-state index contributed by atoms with van der Waals surface area (Å²) in [5, 5.41) is 0. The number of hydrogen-bond acceptors (Lipinski definition) is 4. The third-order valence-electron chi connectivity index (χ3n) is 6.09. The number of fused-ring (bicyclic) bond motifs is 1. The maximum absolute atomic E-state index is 13.0. The molecule has 2 heterocycles. The molecular formula is C24H31N3O2. The lowest BCUT2D eigenvalue weighted by molar-refractivity contribution is -0.120. The minimum Gasteiger partial charge on any atom is -0.497 e. The maximum Gasteiger partial charge on any atom is 0.241 e. The van der Waals surface area contributed by atoms with E-state index in [4.69, 9.17) is 4.74 Å². The van der Waals surface area contributed by atoms with Gasteiger partial charge < -0.3 is 14.5 Å². The van der Waals surface area contributed by atoms with Crippen molar-refractivity contribution in [3.63, 3.8) is 0 Å². The first-order chi connectivity index (χ1) is 14.2. The highest BCUT2D eigenvalue weighted by Gasteiger charge is 2.26. The zero-order valence-electron chi connectivity index (χ0n) is 17.3. The molecule has 29 heavy (non-hydrogen) atoms. The highest BCUT2D eigenvalue weighted by molar-refractivity contribution is 5.96. The first kappa shape index (κ1) is 19.9. The zero-order chi connectivity index (χ0) is 20.1. The van der Waals surface area contributed by atoms with Gasteiger partial charge in [-0.05, 0) is 48.6 Å². The van der Waals surface area contributed by atoms with Gasteiger partial charge >= 0.3 is 0 Å². The molecule has 0 N–H and O–H groups in total. The Balaban J connectivity index is 1.27. The van der Waals surface area contributed by atoms with E-state index in [-0.39, 0.29) is 5.91 Å². The summed E-state index contributed by atoms with van der Waals surface area (Å²) >= 11 is 0. The van der Waals surface area contributed by atoms with Crippen molar-refractivity contribution < 1.29 is 9.53 Å². The summed E-state index contributed by atoms with van der Waals surface area (Å²) in [6.45, 7) is 6.41. The molecule has 0 spiro atoms. The van der Waals surface area contributed by atoms with E-state index in [1.807, 2.05) is 17.0 Å². The van der Waals surface area contributed by atoms with Crippen LogP contribution in [0.3, 0.4) is 0 Å². The first-order valence-electron chi connectivity index (χ1n) is 10.7. The quantitative estimate of drug-likeness (QED) is 0.756. The minimum absolute atomic E-state index is 0.217. The van der Waals surface area contributed by atoms with Crippen LogP contribution < -0.4 is 9.64 Å². The number of piperazine rings is 1. The minimum atomic E-state index is 0.217. The van der Waals surface area contributed by atoms with Crippen LogP contribution in [0.25, 0.3) is 0 Å². The van der Waals surface area contributed by atoms with Crippen molar-refractivity contribution in [1.29, 1.82) is 0 Å². The van der Waals surface area contributed by atoms with Crippen molar-refractivity contribution in [1.82, 2.24) is 9.80 Å². The Kier molecular flexibility index (Phi) is 6.47. The molecule has 0 bridgehead atoms. The van der Waals surface area contributed by atoms with Gasteiger partial charge in [-0.25, -0.2) is 0 Å². The molecule has 1 saturated heterocycles. The van der Waals surface area contributed by atoms with E-state index >= 15 is 0 Å². The lowest BCUT2D eigenvalue weighted by atomic mass is 10.0. The van der Waals surface area contributed by atoms with Crippen LogP contribution in [-0.2, 0) is 17.6 Å². The molecule has 0 aliphatic carbocycles. The van der Waals surface area contributed by atoms with Gasteiger partial charge in [0.1, 0.15) is 5.75 Å². The van der Waals surface area contributed by atoms with Crippen LogP contribution in [0.1, 0.15) is 17.5 Å². The maximum atomic E-state index is 13.0. The number of ether oxygens (including phenoxy) is 1. The summed E-state index contributed by atoms with van der Waals surface area (Å²) in [4.78, 5) is 19.8. The van der Waals surface area contributed by atoms with Crippen LogP contribution in [-0.4, -0.2) is 68.6 Å². The Morgan fingerprint density at radius 3 is 2.48 bits per heavy atom. The fourth-order valence-electron chi connectivity index (χ4n) is 4.34. The van der Waals surface area contributed by atoms with Gasteiger partial charge in [-0.3, -0.25) is 9.69 Å². The Hall–Kier alpha value is -2.37. The van der Waals surface area contributed by atoms with Crippen molar-refractivity contribution in [2.45, 2.75) is 19.3 Å². The second kappa shape index (κ2) is 9.42. The summed E-state index contributed by atoms with van der Waals surface area (Å²) in [7, 11) is 1.69. The van der Waals surface area contributed by atoms with Gasteiger partial charge in [0.05, 0.1) is 13.7 Å². The molecule has 1 amide bonds. The molecule has 154 valence electrons. The number of carbonyl (C=O) groups is 1. The standard InChI is InChI=1S/C24H31N3O2/c1-29-22-9-10-23-21(18-22)8-5-12-27(23)24(28)19-26-16-14-25(15-17-26)13-11-20-6-3-2-4-7-20/h2-4,6-7,9-10,18H,5,8,11-17,19H2,1H3. The lowest BCUT2D eigenvalue weighted by Gasteiger charge is -2.36. The topological polar surface area (TPSA) is 36.0 Å². The van der Waals surface area contributed by atoms with Gasteiger partial charge in [0.15, 0.2) is 0 Å². The fraction of sp³-hybridized carbons (Fsp3) is 0.458. The van der Waals surface area contributed by atoms with Crippen LogP contribution in [0, 0.1) is 0 Å². The van der Waals surface area contributed by atoms with Gasteiger partial charge in [0, 0.05) is 45.0 Å². The van der Waals surface area contributed by atoms with E-state index < -0.39 is 0 Å². The van der Waals surface area contributed by atoms with Gasteiger partial charge in [-0.1, -0.05) is 30.3 Å². The highest BCUT2D eigenvalue weighted by atomic mass is 16.5. The van der Waals surface area contributed by atoms with Crippen molar-refractivity contribution in [2.75, 3.05) is 57.8 Å². The molecule has 2 aromatic carbocycles. The Labute approximate surface area is 173 Å². The number of methoxy groups -OCH3 is 1. The molecular weight excluding hydrogens is 362 g/mol. The van der Waals surface area contributed by atoms with E-state index in [0.717, 1.165) is 70.0 Å². The average Bonchev–Trinajstić information content (AvgIpc) is 2.78. The van der Waals surface area contributed by atoms with Crippen LogP contribution in [0.15, 0.2) is 48.5 Å². The van der Waals surface area contributed by atoms with Crippen molar-refractivity contribution in [2.24, 2.45) is 0 Å². The Bertz CT molecular complexity index is 816. The monoisotopic (exact) mass is 393 g/mol. The Morgan fingerprint density at radius 2 is 1.72 bits per heavy atom. The summed E-state index contributed by atoms with van der Waals surface area (Å²) in [5.74, 6) is 1.08. The van der Waals surface area contributed by atoms with Crippen molar-refractivity contribution in [3.05, 3.63) is 59.7 Å². The number of benzene rings is 2. The summed E-state index contributed by atoms with van der Waals surface area (Å²) in [6.07, 6.45) is 3.11. The molecule has 5 nitrogen and oxygen atoms in total. The number of amides is 1. The highest BCUT2D eigenvalue weighted by Crippen LogP contribution is 2.30. The van der Waals surface area contributed by atoms with Gasteiger partial charge in [0.2, 0.25) is 5.91 Å². The SMILES string of the molecule is COc1ccc2c(c1)CCCN2C(=O)CN1CCN(CCc2ccccc2)CC1. The third kappa shape index (κ3) is 4.98. The number of hydrogen-bond donors (Lipinski definition) is 0. The van der Waals surface area contributed by atoms with E-state index in [1.165, 1.54) is 11.1 Å². The van der Waals surface area contributed by atoms with Crippen LogP contribution in [0.5, 0.6) is 5.75 Å². The van der Waals surface area contributed by atoms with E-state index in [1.54, 1.807) is 7.11 Å².